The Morgan fingerprint density at radius 2 is 2.28 bits per heavy atom. The van der Waals surface area contributed by atoms with Crippen molar-refractivity contribution in [3.8, 4) is 5.75 Å². The summed E-state index contributed by atoms with van der Waals surface area (Å²) in [6, 6.07) is 4.41. The molecule has 0 aliphatic carbocycles. The highest BCUT2D eigenvalue weighted by Crippen LogP contribution is 2.20. The van der Waals surface area contributed by atoms with E-state index in [0.29, 0.717) is 36.8 Å². The number of amides is 1. The molecular formula is C17H20FN5O2. The van der Waals surface area contributed by atoms with E-state index in [4.69, 9.17) is 4.74 Å². The number of carbonyl (C=O) groups is 1. The molecule has 0 fully saturated rings. The Morgan fingerprint density at radius 3 is 3.12 bits per heavy atom. The van der Waals surface area contributed by atoms with Crippen LogP contribution in [0.2, 0.25) is 0 Å². The Hall–Kier alpha value is -2.87. The molecule has 0 saturated heterocycles. The lowest BCUT2D eigenvalue weighted by atomic mass is 10.2. The van der Waals surface area contributed by atoms with Crippen molar-refractivity contribution >= 4 is 17.9 Å². The molecule has 1 aromatic heterocycles. The summed E-state index contributed by atoms with van der Waals surface area (Å²) in [5.41, 5.74) is 1.18. The van der Waals surface area contributed by atoms with E-state index >= 15 is 0 Å². The first-order chi connectivity index (χ1) is 12.2. The number of fused-ring (bicyclic) bond motifs is 3. The Balaban J connectivity index is 1.82. The summed E-state index contributed by atoms with van der Waals surface area (Å²) in [6.45, 7) is 1.63. The van der Waals surface area contributed by atoms with Gasteiger partial charge < -0.3 is 20.7 Å². The smallest absolute Gasteiger partial charge is 0.256 e. The molecule has 0 spiro atoms. The molecule has 132 valence electrons. The number of aromatic nitrogens is 2. The lowest BCUT2D eigenvalue weighted by Crippen LogP contribution is -2.28. The van der Waals surface area contributed by atoms with Gasteiger partial charge in [0.2, 0.25) is 0 Å². The number of anilines is 1. The summed E-state index contributed by atoms with van der Waals surface area (Å²) in [5.74, 6) is 0.659. The highest BCUT2D eigenvalue weighted by molar-refractivity contribution is 5.98. The summed E-state index contributed by atoms with van der Waals surface area (Å²) in [5, 5.41) is 13.2. The van der Waals surface area contributed by atoms with Gasteiger partial charge in [-0.3, -0.25) is 4.79 Å². The van der Waals surface area contributed by atoms with Crippen LogP contribution in [0.4, 0.5) is 10.2 Å². The zero-order valence-corrected chi connectivity index (χ0v) is 13.9. The first-order valence-electron chi connectivity index (χ1n) is 8.01. The lowest BCUT2D eigenvalue weighted by Gasteiger charge is -2.12. The minimum Gasteiger partial charge on any atom is -0.491 e. The maximum absolute atomic E-state index is 13.5. The Kier molecular flexibility index (Phi) is 5.30. The van der Waals surface area contributed by atoms with Crippen molar-refractivity contribution in [3.05, 3.63) is 47.4 Å². The molecule has 1 aliphatic heterocycles. The number of hydrogen-bond donors (Lipinski definition) is 3. The van der Waals surface area contributed by atoms with E-state index in [-0.39, 0.29) is 18.3 Å². The highest BCUT2D eigenvalue weighted by atomic mass is 19.1. The van der Waals surface area contributed by atoms with Gasteiger partial charge in [0, 0.05) is 31.9 Å². The molecule has 8 heteroatoms. The normalized spacial score (nSPS) is 16.6. The molecule has 2 aromatic rings. The van der Waals surface area contributed by atoms with E-state index < -0.39 is 0 Å². The van der Waals surface area contributed by atoms with Crippen molar-refractivity contribution in [2.75, 3.05) is 32.1 Å². The minimum absolute atomic E-state index is 0.236. The number of halogens is 1. The van der Waals surface area contributed by atoms with Crippen LogP contribution in [0.3, 0.4) is 0 Å². The van der Waals surface area contributed by atoms with Crippen molar-refractivity contribution in [1.82, 2.24) is 20.4 Å². The molecule has 25 heavy (non-hydrogen) atoms. The van der Waals surface area contributed by atoms with Crippen molar-refractivity contribution in [2.24, 2.45) is 0 Å². The predicted molar refractivity (Wildman–Crippen MR) is 93.0 cm³/mol. The average molecular weight is 345 g/mol. The number of nitrogens with one attached hydrogen (secondary N) is 3. The minimum atomic E-state index is -0.312. The van der Waals surface area contributed by atoms with E-state index in [9.17, 15) is 9.18 Å². The molecule has 1 amide bonds. The number of benzene rings is 1. The van der Waals surface area contributed by atoms with Gasteiger partial charge in [-0.25, -0.2) is 9.07 Å². The molecule has 0 saturated carbocycles. The standard InChI is InChI=1S/C17H20FN5O2/c1-19-16-14-11-22-23(16)7-2-5-20-10-12-9-13(18)3-4-15(12)25-8-6-21-17(14)24/h2-4,7,9,11,19-20H,5-6,8,10H2,1H3,(H,21,24)/b7-2-. The summed E-state index contributed by atoms with van der Waals surface area (Å²) < 4.78 is 20.8. The van der Waals surface area contributed by atoms with Crippen molar-refractivity contribution < 1.29 is 13.9 Å². The summed E-state index contributed by atoms with van der Waals surface area (Å²) >= 11 is 0. The van der Waals surface area contributed by atoms with Gasteiger partial charge in [-0.15, -0.1) is 0 Å². The van der Waals surface area contributed by atoms with Crippen LogP contribution < -0.4 is 20.7 Å². The van der Waals surface area contributed by atoms with Crippen molar-refractivity contribution in [1.29, 1.82) is 0 Å². The van der Waals surface area contributed by atoms with E-state index in [0.717, 1.165) is 5.56 Å². The van der Waals surface area contributed by atoms with Gasteiger partial charge in [-0.1, -0.05) is 6.08 Å². The third kappa shape index (κ3) is 3.97. The zero-order valence-electron chi connectivity index (χ0n) is 13.9. The topological polar surface area (TPSA) is 80.2 Å². The van der Waals surface area contributed by atoms with Crippen LogP contribution >= 0.6 is 0 Å². The lowest BCUT2D eigenvalue weighted by molar-refractivity contribution is 0.0947. The summed E-state index contributed by atoms with van der Waals surface area (Å²) in [4.78, 5) is 12.3. The molecule has 1 aromatic carbocycles. The third-order valence-electron chi connectivity index (χ3n) is 3.77. The fraction of sp³-hybridized carbons (Fsp3) is 0.294. The van der Waals surface area contributed by atoms with E-state index in [2.05, 4.69) is 21.0 Å². The van der Waals surface area contributed by atoms with Gasteiger partial charge in [-0.05, 0) is 18.2 Å². The molecule has 7 nitrogen and oxygen atoms in total. The van der Waals surface area contributed by atoms with Crippen LogP contribution in [-0.4, -0.2) is 42.4 Å². The number of carbonyl (C=O) groups excluding carboxylic acids is 1. The predicted octanol–water partition coefficient (Wildman–Crippen LogP) is 1.45. The number of nitrogens with zero attached hydrogens (tertiary/aromatic N) is 2. The molecular weight excluding hydrogens is 325 g/mol. The van der Waals surface area contributed by atoms with Gasteiger partial charge in [0.15, 0.2) is 0 Å². The molecule has 2 heterocycles. The number of ether oxygens (including phenoxy) is 1. The van der Waals surface area contributed by atoms with Gasteiger partial charge in [0.1, 0.15) is 29.6 Å². The zero-order chi connectivity index (χ0) is 17.6. The number of rotatable bonds is 1. The van der Waals surface area contributed by atoms with Crippen LogP contribution in [0.25, 0.3) is 6.20 Å². The molecule has 3 rings (SSSR count). The second-order valence-electron chi connectivity index (χ2n) is 5.47. The quantitative estimate of drug-likeness (QED) is 0.729. The first-order valence-corrected chi connectivity index (χ1v) is 8.01. The largest absolute Gasteiger partial charge is 0.491 e. The summed E-state index contributed by atoms with van der Waals surface area (Å²) in [6.07, 6.45) is 5.15. The maximum atomic E-state index is 13.5. The van der Waals surface area contributed by atoms with Gasteiger partial charge in [-0.2, -0.15) is 5.10 Å². The van der Waals surface area contributed by atoms with Gasteiger partial charge in [0.25, 0.3) is 5.91 Å². The molecule has 0 radical (unpaired) electrons. The van der Waals surface area contributed by atoms with Gasteiger partial charge in [0.05, 0.1) is 12.7 Å². The fourth-order valence-corrected chi connectivity index (χ4v) is 2.58. The molecule has 0 unspecified atom stereocenters. The van der Waals surface area contributed by atoms with Crippen molar-refractivity contribution in [2.45, 2.75) is 6.54 Å². The first kappa shape index (κ1) is 17.0. The van der Waals surface area contributed by atoms with E-state index in [1.165, 1.54) is 18.3 Å². The Labute approximate surface area is 144 Å². The SMILES string of the molecule is CNc1c2cnn1/C=C\CNCc1cc(F)ccc1OCCNC2=O. The highest BCUT2D eigenvalue weighted by Gasteiger charge is 2.15. The Morgan fingerprint density at radius 1 is 1.40 bits per heavy atom. The maximum Gasteiger partial charge on any atom is 0.256 e. The van der Waals surface area contributed by atoms with Crippen LogP contribution in [-0.2, 0) is 6.54 Å². The van der Waals surface area contributed by atoms with E-state index in [1.807, 2.05) is 6.08 Å². The Bertz CT molecular complexity index is 787. The van der Waals surface area contributed by atoms with Crippen LogP contribution in [0.5, 0.6) is 5.75 Å². The molecule has 1 aliphatic rings. The second kappa shape index (κ2) is 7.80. The molecule has 0 atom stereocenters. The molecule has 3 N–H and O–H groups in total. The summed E-state index contributed by atoms with van der Waals surface area (Å²) in [7, 11) is 1.73. The average Bonchev–Trinajstić information content (AvgIpc) is 3.01. The fourth-order valence-electron chi connectivity index (χ4n) is 2.58. The molecule has 2 bridgehead atoms. The van der Waals surface area contributed by atoms with Crippen LogP contribution in [0.15, 0.2) is 30.5 Å². The van der Waals surface area contributed by atoms with Crippen LogP contribution in [0.1, 0.15) is 15.9 Å². The van der Waals surface area contributed by atoms with E-state index in [1.54, 1.807) is 24.0 Å². The van der Waals surface area contributed by atoms with Crippen molar-refractivity contribution in [3.63, 3.8) is 0 Å². The second-order valence-corrected chi connectivity index (χ2v) is 5.47. The van der Waals surface area contributed by atoms with Crippen LogP contribution in [0, 0.1) is 5.82 Å². The monoisotopic (exact) mass is 345 g/mol. The third-order valence-corrected chi connectivity index (χ3v) is 3.77. The van der Waals surface area contributed by atoms with Gasteiger partial charge >= 0.3 is 0 Å². The number of hydrogen-bond acceptors (Lipinski definition) is 5.